The van der Waals surface area contributed by atoms with Crippen LogP contribution in [0.1, 0.15) is 27.0 Å². The third kappa shape index (κ3) is 3.95. The van der Waals surface area contributed by atoms with E-state index in [1.54, 1.807) is 60.7 Å². The molecule has 0 saturated heterocycles. The second kappa shape index (κ2) is 9.02. The summed E-state index contributed by atoms with van der Waals surface area (Å²) in [5, 5.41) is 0. The van der Waals surface area contributed by atoms with E-state index in [2.05, 4.69) is 0 Å². The van der Waals surface area contributed by atoms with Gasteiger partial charge in [-0.2, -0.15) is 0 Å². The lowest BCUT2D eigenvalue weighted by molar-refractivity contribution is -0.132. The summed E-state index contributed by atoms with van der Waals surface area (Å²) in [4.78, 5) is 35.7. The van der Waals surface area contributed by atoms with E-state index in [9.17, 15) is 14.4 Å². The molecule has 0 bridgehead atoms. The lowest BCUT2D eigenvalue weighted by Gasteiger charge is -2.30. The number of esters is 3. The van der Waals surface area contributed by atoms with Gasteiger partial charge in [0.15, 0.2) is 5.60 Å². The molecule has 6 nitrogen and oxygen atoms in total. The molecule has 1 aliphatic heterocycles. The third-order valence-electron chi connectivity index (χ3n) is 4.98. The van der Waals surface area contributed by atoms with Crippen molar-refractivity contribution < 1.29 is 28.6 Å². The molecule has 3 aromatic carbocycles. The minimum Gasteiger partial charge on any atom is -0.441 e. The van der Waals surface area contributed by atoms with Crippen LogP contribution in [0.25, 0.3) is 0 Å². The van der Waals surface area contributed by atoms with Gasteiger partial charge in [-0.05, 0) is 30.3 Å². The standard InChI is InChI=1S/C24H16Cl2O6/c25-13-21(27)30-17-9-5-15(6-10-17)24(20-4-2-1-3-19(20)23(29)32-24)16-7-11-18(12-8-16)31-22(28)14-26/h1-12H,13-14H2. The first-order valence-electron chi connectivity index (χ1n) is 9.55. The highest BCUT2D eigenvalue weighted by atomic mass is 35.5. The molecule has 0 saturated carbocycles. The van der Waals surface area contributed by atoms with Crippen LogP contribution in [0.3, 0.4) is 0 Å². The fourth-order valence-corrected chi connectivity index (χ4v) is 3.75. The van der Waals surface area contributed by atoms with Gasteiger partial charge < -0.3 is 14.2 Å². The van der Waals surface area contributed by atoms with Crippen LogP contribution in [0.4, 0.5) is 0 Å². The highest BCUT2D eigenvalue weighted by Crippen LogP contribution is 2.47. The maximum atomic E-state index is 12.7. The monoisotopic (exact) mass is 470 g/mol. The molecule has 0 atom stereocenters. The number of rotatable bonds is 6. The molecule has 0 N–H and O–H groups in total. The first-order valence-corrected chi connectivity index (χ1v) is 10.6. The van der Waals surface area contributed by atoms with Crippen LogP contribution in [0.15, 0.2) is 72.8 Å². The Morgan fingerprint density at radius 1 is 0.750 bits per heavy atom. The summed E-state index contributed by atoms with van der Waals surface area (Å²) >= 11 is 11.0. The van der Waals surface area contributed by atoms with Crippen LogP contribution in [0.2, 0.25) is 0 Å². The highest BCUT2D eigenvalue weighted by Gasteiger charge is 2.48. The average molecular weight is 471 g/mol. The minimum atomic E-state index is -1.24. The number of benzene rings is 3. The van der Waals surface area contributed by atoms with E-state index in [1.807, 2.05) is 12.1 Å². The number of ether oxygens (including phenoxy) is 3. The van der Waals surface area contributed by atoms with E-state index in [4.69, 9.17) is 37.4 Å². The van der Waals surface area contributed by atoms with Gasteiger partial charge in [-0.15, -0.1) is 23.2 Å². The van der Waals surface area contributed by atoms with Crippen molar-refractivity contribution in [2.75, 3.05) is 11.8 Å². The molecule has 1 heterocycles. The molecule has 0 aliphatic carbocycles. The number of hydrogen-bond donors (Lipinski definition) is 0. The molecule has 162 valence electrons. The van der Waals surface area contributed by atoms with Crippen LogP contribution in [-0.2, 0) is 19.9 Å². The topological polar surface area (TPSA) is 78.9 Å². The molecule has 4 rings (SSSR count). The van der Waals surface area contributed by atoms with Crippen molar-refractivity contribution in [2.24, 2.45) is 0 Å². The van der Waals surface area contributed by atoms with Gasteiger partial charge in [0.25, 0.3) is 0 Å². The molecule has 0 unspecified atom stereocenters. The lowest BCUT2D eigenvalue weighted by atomic mass is 9.80. The summed E-state index contributed by atoms with van der Waals surface area (Å²) in [5.41, 5.74) is 1.17. The molecule has 3 aromatic rings. The average Bonchev–Trinajstić information content (AvgIpc) is 3.13. The predicted octanol–water partition coefficient (Wildman–Crippen LogP) is 4.44. The predicted molar refractivity (Wildman–Crippen MR) is 117 cm³/mol. The number of carbonyl (C=O) groups excluding carboxylic acids is 3. The summed E-state index contributed by atoms with van der Waals surface area (Å²) in [7, 11) is 0. The third-order valence-corrected chi connectivity index (χ3v) is 5.41. The second-order valence-electron chi connectivity index (χ2n) is 6.88. The summed E-state index contributed by atoms with van der Waals surface area (Å²) in [6, 6.07) is 20.4. The molecule has 0 radical (unpaired) electrons. The maximum absolute atomic E-state index is 12.7. The van der Waals surface area contributed by atoms with Crippen molar-refractivity contribution in [1.29, 1.82) is 0 Å². The normalized spacial score (nSPS) is 13.8. The van der Waals surface area contributed by atoms with Crippen molar-refractivity contribution in [1.82, 2.24) is 0 Å². The first-order chi connectivity index (χ1) is 15.5. The van der Waals surface area contributed by atoms with Crippen molar-refractivity contribution in [3.05, 3.63) is 95.1 Å². The van der Waals surface area contributed by atoms with Gasteiger partial charge >= 0.3 is 17.9 Å². The van der Waals surface area contributed by atoms with Gasteiger partial charge in [0.2, 0.25) is 0 Å². The quantitative estimate of drug-likeness (QED) is 0.301. The van der Waals surface area contributed by atoms with Gasteiger partial charge in [0.05, 0.1) is 5.56 Å². The van der Waals surface area contributed by atoms with Gasteiger partial charge in [0, 0.05) is 16.7 Å². The Balaban J connectivity index is 1.80. The van der Waals surface area contributed by atoms with Crippen molar-refractivity contribution in [3.63, 3.8) is 0 Å². The van der Waals surface area contributed by atoms with E-state index in [0.29, 0.717) is 33.8 Å². The number of alkyl halides is 2. The zero-order valence-electron chi connectivity index (χ0n) is 16.5. The maximum Gasteiger partial charge on any atom is 0.340 e. The Labute approximate surface area is 193 Å². The number of halogens is 2. The van der Waals surface area contributed by atoms with E-state index >= 15 is 0 Å². The Kier molecular flexibility index (Phi) is 6.17. The zero-order chi connectivity index (χ0) is 22.7. The largest absolute Gasteiger partial charge is 0.441 e. The molecule has 8 heteroatoms. The Bertz CT molecular complexity index is 1110. The van der Waals surface area contributed by atoms with E-state index < -0.39 is 23.5 Å². The molecular weight excluding hydrogens is 455 g/mol. The minimum absolute atomic E-state index is 0.267. The fraction of sp³-hybridized carbons (Fsp3) is 0.125. The van der Waals surface area contributed by atoms with Crippen LogP contribution in [-0.4, -0.2) is 29.7 Å². The van der Waals surface area contributed by atoms with Crippen LogP contribution >= 0.6 is 23.2 Å². The van der Waals surface area contributed by atoms with Crippen molar-refractivity contribution in [3.8, 4) is 11.5 Å². The zero-order valence-corrected chi connectivity index (χ0v) is 18.1. The Hall–Kier alpha value is -3.35. The Morgan fingerprint density at radius 2 is 1.22 bits per heavy atom. The van der Waals surface area contributed by atoms with Crippen molar-refractivity contribution >= 4 is 41.1 Å². The van der Waals surface area contributed by atoms with Gasteiger partial charge in [-0.1, -0.05) is 42.5 Å². The molecule has 0 amide bonds. The van der Waals surface area contributed by atoms with Crippen LogP contribution < -0.4 is 9.47 Å². The van der Waals surface area contributed by atoms with E-state index in [1.165, 1.54) is 0 Å². The van der Waals surface area contributed by atoms with Crippen molar-refractivity contribution in [2.45, 2.75) is 5.60 Å². The number of cyclic esters (lactones) is 1. The fourth-order valence-electron chi connectivity index (χ4n) is 3.65. The summed E-state index contributed by atoms with van der Waals surface area (Å²) in [6.45, 7) is 0. The summed E-state index contributed by atoms with van der Waals surface area (Å²) < 4.78 is 16.3. The summed E-state index contributed by atoms with van der Waals surface area (Å²) in [5.74, 6) is -1.51. The molecule has 0 aromatic heterocycles. The van der Waals surface area contributed by atoms with Gasteiger partial charge in [-0.3, -0.25) is 9.59 Å². The van der Waals surface area contributed by atoms with Crippen LogP contribution in [0.5, 0.6) is 11.5 Å². The summed E-state index contributed by atoms with van der Waals surface area (Å²) in [6.07, 6.45) is 0. The molecule has 1 aliphatic rings. The Morgan fingerprint density at radius 3 is 1.69 bits per heavy atom. The second-order valence-corrected chi connectivity index (χ2v) is 7.41. The first kappa shape index (κ1) is 21.9. The smallest absolute Gasteiger partial charge is 0.340 e. The SMILES string of the molecule is O=C(CCl)Oc1ccc(C2(c3ccc(OC(=O)CCl)cc3)OC(=O)c3ccccc32)cc1. The molecule has 0 spiro atoms. The number of fused-ring (bicyclic) bond motifs is 1. The number of carbonyl (C=O) groups is 3. The number of hydrogen-bond acceptors (Lipinski definition) is 6. The molecule has 32 heavy (non-hydrogen) atoms. The lowest BCUT2D eigenvalue weighted by Crippen LogP contribution is -2.29. The highest BCUT2D eigenvalue weighted by molar-refractivity contribution is 6.26. The molecule has 0 fully saturated rings. The van der Waals surface area contributed by atoms with E-state index in [0.717, 1.165) is 0 Å². The van der Waals surface area contributed by atoms with Crippen LogP contribution in [0, 0.1) is 0 Å². The molecular formula is C24H16Cl2O6. The van der Waals surface area contributed by atoms with E-state index in [-0.39, 0.29) is 11.8 Å². The van der Waals surface area contributed by atoms with Gasteiger partial charge in [-0.25, -0.2) is 4.79 Å². The van der Waals surface area contributed by atoms with Gasteiger partial charge in [0.1, 0.15) is 23.3 Å².